The molecule has 6 heteroatoms. The van der Waals surface area contributed by atoms with Crippen molar-refractivity contribution < 1.29 is 4.74 Å². The van der Waals surface area contributed by atoms with Gasteiger partial charge in [0, 0.05) is 29.8 Å². The summed E-state index contributed by atoms with van der Waals surface area (Å²) in [4.78, 5) is 6.98. The molecule has 5 nitrogen and oxygen atoms in total. The monoisotopic (exact) mass is 472 g/mol. The van der Waals surface area contributed by atoms with Crippen LogP contribution in [0.25, 0.3) is 0 Å². The predicted octanol–water partition coefficient (Wildman–Crippen LogP) is 6.50. The van der Waals surface area contributed by atoms with E-state index < -0.39 is 0 Å². The Morgan fingerprint density at radius 3 is 2.38 bits per heavy atom. The second-order valence-electron chi connectivity index (χ2n) is 9.79. The molecule has 34 heavy (non-hydrogen) atoms. The summed E-state index contributed by atoms with van der Waals surface area (Å²) >= 11 is 5.92. The van der Waals surface area contributed by atoms with Crippen LogP contribution in [0.4, 0.5) is 5.69 Å². The summed E-state index contributed by atoms with van der Waals surface area (Å²) in [6, 6.07) is 19.6. The number of hydrogen-bond donors (Lipinski definition) is 1. The number of pyridine rings is 1. The summed E-state index contributed by atoms with van der Waals surface area (Å²) in [7, 11) is 0. The van der Waals surface area contributed by atoms with Crippen molar-refractivity contribution in [3.05, 3.63) is 78.4 Å². The van der Waals surface area contributed by atoms with Gasteiger partial charge in [0.1, 0.15) is 11.8 Å². The molecule has 3 aliphatic rings. The Morgan fingerprint density at radius 2 is 1.65 bits per heavy atom. The van der Waals surface area contributed by atoms with E-state index in [1.165, 1.54) is 44.2 Å². The molecule has 0 spiro atoms. The van der Waals surface area contributed by atoms with Crippen LogP contribution >= 0.6 is 12.2 Å². The van der Waals surface area contributed by atoms with Gasteiger partial charge >= 0.3 is 0 Å². The molecular weight excluding hydrogens is 440 g/mol. The second kappa shape index (κ2) is 9.41. The van der Waals surface area contributed by atoms with Crippen LogP contribution in [-0.2, 0) is 0 Å². The Bertz CT molecular complexity index is 1120. The Morgan fingerprint density at radius 1 is 0.882 bits per heavy atom. The zero-order valence-electron chi connectivity index (χ0n) is 19.5. The van der Waals surface area contributed by atoms with Gasteiger partial charge in [-0.25, -0.2) is 0 Å². The summed E-state index contributed by atoms with van der Waals surface area (Å²) in [5.41, 5.74) is 3.39. The molecular formula is C28H32N4OS. The Kier molecular flexibility index (Phi) is 6.00. The lowest BCUT2D eigenvalue weighted by Crippen LogP contribution is -2.30. The third-order valence-corrected chi connectivity index (χ3v) is 7.97. The van der Waals surface area contributed by atoms with E-state index in [0.717, 1.165) is 35.1 Å². The van der Waals surface area contributed by atoms with Crippen molar-refractivity contribution in [3.63, 3.8) is 0 Å². The van der Waals surface area contributed by atoms with Gasteiger partial charge in [-0.3, -0.25) is 4.98 Å². The van der Waals surface area contributed by atoms with Gasteiger partial charge < -0.3 is 19.5 Å². The fraction of sp³-hybridized carbons (Fsp3) is 0.429. The first kappa shape index (κ1) is 21.7. The van der Waals surface area contributed by atoms with Crippen LogP contribution in [0.3, 0.4) is 0 Å². The number of anilines is 1. The molecule has 1 saturated heterocycles. The normalized spacial score (nSPS) is 23.5. The molecule has 6 rings (SSSR count). The summed E-state index contributed by atoms with van der Waals surface area (Å²) in [6.45, 7) is 0. The summed E-state index contributed by atoms with van der Waals surface area (Å²) in [6.07, 6.45) is 14.4. The van der Waals surface area contributed by atoms with Crippen LogP contribution in [0.1, 0.15) is 80.9 Å². The minimum Gasteiger partial charge on any atom is -0.490 e. The topological polar surface area (TPSA) is 42.3 Å². The van der Waals surface area contributed by atoms with Gasteiger partial charge in [0.2, 0.25) is 0 Å². The van der Waals surface area contributed by atoms with E-state index in [2.05, 4.69) is 69.5 Å². The summed E-state index contributed by atoms with van der Waals surface area (Å²) in [5, 5.41) is 4.34. The molecule has 0 unspecified atom stereocenters. The molecule has 1 aliphatic heterocycles. The molecule has 2 atom stereocenters. The molecule has 3 fully saturated rings. The molecule has 0 amide bonds. The Hall–Kier alpha value is -2.86. The predicted molar refractivity (Wildman–Crippen MR) is 139 cm³/mol. The highest BCUT2D eigenvalue weighted by Crippen LogP contribution is 2.44. The fourth-order valence-corrected chi connectivity index (χ4v) is 6.34. The van der Waals surface area contributed by atoms with Crippen LogP contribution in [-0.4, -0.2) is 20.8 Å². The van der Waals surface area contributed by atoms with Crippen molar-refractivity contribution in [1.29, 1.82) is 0 Å². The SMILES string of the molecule is S=C1N[C@H](c2ccccn2)[C@H](c2cccn2C2CCCC2)N1c1ccc(OC2CCCC2)cc1. The average molecular weight is 473 g/mol. The molecule has 176 valence electrons. The smallest absolute Gasteiger partial charge is 0.174 e. The van der Waals surface area contributed by atoms with E-state index in [4.69, 9.17) is 21.9 Å². The number of rotatable bonds is 6. The van der Waals surface area contributed by atoms with Crippen molar-refractivity contribution in [2.24, 2.45) is 0 Å². The maximum absolute atomic E-state index is 6.21. The van der Waals surface area contributed by atoms with E-state index in [0.29, 0.717) is 12.1 Å². The highest BCUT2D eigenvalue weighted by molar-refractivity contribution is 7.80. The minimum absolute atomic E-state index is 0.0156. The first-order chi connectivity index (χ1) is 16.8. The van der Waals surface area contributed by atoms with Crippen molar-refractivity contribution in [3.8, 4) is 5.75 Å². The van der Waals surface area contributed by atoms with Crippen LogP contribution in [0, 0.1) is 0 Å². The zero-order chi connectivity index (χ0) is 22.9. The maximum Gasteiger partial charge on any atom is 0.174 e. The van der Waals surface area contributed by atoms with E-state index in [1.807, 2.05) is 12.3 Å². The zero-order valence-corrected chi connectivity index (χ0v) is 20.3. The molecule has 1 N–H and O–H groups in total. The van der Waals surface area contributed by atoms with Gasteiger partial charge in [-0.2, -0.15) is 0 Å². The number of hydrogen-bond acceptors (Lipinski definition) is 3. The van der Waals surface area contributed by atoms with E-state index in [9.17, 15) is 0 Å². The number of ether oxygens (including phenoxy) is 1. The van der Waals surface area contributed by atoms with Gasteiger partial charge in [0.05, 0.1) is 17.8 Å². The number of benzene rings is 1. The quantitative estimate of drug-likeness (QED) is 0.415. The largest absolute Gasteiger partial charge is 0.490 e. The molecule has 2 aromatic heterocycles. The van der Waals surface area contributed by atoms with E-state index in [1.54, 1.807) is 0 Å². The van der Waals surface area contributed by atoms with Gasteiger partial charge in [0.25, 0.3) is 0 Å². The average Bonchev–Trinajstić information content (AvgIpc) is 3.66. The Labute approximate surface area is 207 Å². The third kappa shape index (κ3) is 4.09. The minimum atomic E-state index is -0.0156. The number of nitrogens with zero attached hydrogens (tertiary/aromatic N) is 3. The molecule has 3 aromatic rings. The van der Waals surface area contributed by atoms with Gasteiger partial charge in [-0.15, -0.1) is 0 Å². The number of nitrogens with one attached hydrogen (secondary N) is 1. The van der Waals surface area contributed by atoms with Gasteiger partial charge in [0.15, 0.2) is 5.11 Å². The van der Waals surface area contributed by atoms with Crippen LogP contribution < -0.4 is 15.0 Å². The second-order valence-corrected chi connectivity index (χ2v) is 10.2. The van der Waals surface area contributed by atoms with E-state index in [-0.39, 0.29) is 12.1 Å². The number of thiocarbonyl (C=S) groups is 1. The fourth-order valence-electron chi connectivity index (χ4n) is 5.99. The van der Waals surface area contributed by atoms with Gasteiger partial charge in [-0.1, -0.05) is 18.9 Å². The van der Waals surface area contributed by atoms with Crippen molar-refractivity contribution in [1.82, 2.24) is 14.9 Å². The maximum atomic E-state index is 6.21. The summed E-state index contributed by atoms with van der Waals surface area (Å²) < 4.78 is 8.71. The lowest BCUT2D eigenvalue weighted by atomic mass is 10.00. The van der Waals surface area contributed by atoms with Crippen molar-refractivity contribution in [2.45, 2.75) is 75.6 Å². The van der Waals surface area contributed by atoms with Crippen LogP contribution in [0.15, 0.2) is 67.0 Å². The lowest BCUT2D eigenvalue weighted by molar-refractivity contribution is 0.210. The highest BCUT2D eigenvalue weighted by atomic mass is 32.1. The van der Waals surface area contributed by atoms with Crippen molar-refractivity contribution >= 4 is 23.0 Å². The molecule has 3 heterocycles. The van der Waals surface area contributed by atoms with Gasteiger partial charge in [-0.05, 0) is 99.3 Å². The molecule has 0 radical (unpaired) electrons. The van der Waals surface area contributed by atoms with Crippen molar-refractivity contribution in [2.75, 3.05) is 4.90 Å². The third-order valence-electron chi connectivity index (χ3n) is 7.65. The molecule has 0 bridgehead atoms. The highest BCUT2D eigenvalue weighted by Gasteiger charge is 2.42. The van der Waals surface area contributed by atoms with Crippen LogP contribution in [0.5, 0.6) is 5.75 Å². The lowest BCUT2D eigenvalue weighted by Gasteiger charge is -2.30. The first-order valence-corrected chi connectivity index (χ1v) is 13.1. The summed E-state index contributed by atoms with van der Waals surface area (Å²) in [5.74, 6) is 0.945. The first-order valence-electron chi connectivity index (χ1n) is 12.7. The number of aromatic nitrogens is 2. The Balaban J connectivity index is 1.36. The molecule has 2 saturated carbocycles. The standard InChI is InChI=1S/C28H32N4OS/c34-28-30-26(24-12-5-6-18-29-24)27(25-13-7-19-31(25)20-8-1-2-9-20)32(28)21-14-16-23(17-15-21)33-22-10-3-4-11-22/h5-7,12-20,22,26-27H,1-4,8-11H2,(H,30,34)/t26-,27+/m1/s1. The molecule has 1 aromatic carbocycles. The molecule has 2 aliphatic carbocycles. The van der Waals surface area contributed by atoms with E-state index >= 15 is 0 Å². The van der Waals surface area contributed by atoms with Crippen LogP contribution in [0.2, 0.25) is 0 Å².